The van der Waals surface area contributed by atoms with Gasteiger partial charge in [0, 0.05) is 19.3 Å². The minimum Gasteiger partial charge on any atom is -0.352 e. The molecule has 6 heteroatoms. The van der Waals surface area contributed by atoms with Gasteiger partial charge in [-0.2, -0.15) is 5.10 Å². The Morgan fingerprint density at radius 2 is 2.04 bits per heavy atom. The first-order chi connectivity index (χ1) is 10.7. The summed E-state index contributed by atoms with van der Waals surface area (Å²) in [5, 5.41) is 10.9. The number of guanidine groups is 1. The van der Waals surface area contributed by atoms with Gasteiger partial charge in [-0.1, -0.05) is 24.1 Å². The zero-order valence-electron chi connectivity index (χ0n) is 13.6. The SMILES string of the molecule is C#CCNC(=NC)NCc1ccccc1-n1nc(C)cc1C.I. The molecule has 0 aliphatic rings. The average Bonchev–Trinajstić information content (AvgIpc) is 2.86. The molecule has 2 N–H and O–H groups in total. The van der Waals surface area contributed by atoms with Crippen LogP contribution in [0.4, 0.5) is 0 Å². The minimum atomic E-state index is 0. The third-order valence-electron chi connectivity index (χ3n) is 3.26. The summed E-state index contributed by atoms with van der Waals surface area (Å²) in [4.78, 5) is 4.14. The number of hydrogen-bond acceptors (Lipinski definition) is 2. The lowest BCUT2D eigenvalue weighted by molar-refractivity contribution is 0.794. The van der Waals surface area contributed by atoms with Gasteiger partial charge in [0.15, 0.2) is 5.96 Å². The lowest BCUT2D eigenvalue weighted by Crippen LogP contribution is -2.37. The van der Waals surface area contributed by atoms with Crippen molar-refractivity contribution in [2.45, 2.75) is 20.4 Å². The van der Waals surface area contributed by atoms with Gasteiger partial charge in [-0.25, -0.2) is 4.68 Å². The van der Waals surface area contributed by atoms with E-state index in [-0.39, 0.29) is 24.0 Å². The van der Waals surface area contributed by atoms with Gasteiger partial charge in [-0.3, -0.25) is 4.99 Å². The number of terminal acetylenes is 1. The van der Waals surface area contributed by atoms with E-state index in [9.17, 15) is 0 Å². The maximum Gasteiger partial charge on any atom is 0.192 e. The highest BCUT2D eigenvalue weighted by Gasteiger charge is 2.08. The molecular weight excluding hydrogens is 401 g/mol. The molecule has 0 unspecified atom stereocenters. The van der Waals surface area contributed by atoms with E-state index in [4.69, 9.17) is 6.42 Å². The summed E-state index contributed by atoms with van der Waals surface area (Å²) in [7, 11) is 1.72. The van der Waals surface area contributed by atoms with Crippen LogP contribution in [0.25, 0.3) is 5.69 Å². The van der Waals surface area contributed by atoms with Gasteiger partial charge >= 0.3 is 0 Å². The quantitative estimate of drug-likeness (QED) is 0.344. The first-order valence-electron chi connectivity index (χ1n) is 7.15. The molecule has 0 aliphatic heterocycles. The molecule has 0 aliphatic carbocycles. The van der Waals surface area contributed by atoms with Crippen LogP contribution in [0, 0.1) is 26.2 Å². The summed E-state index contributed by atoms with van der Waals surface area (Å²) in [5.74, 6) is 3.21. The number of aromatic nitrogens is 2. The van der Waals surface area contributed by atoms with Crippen LogP contribution in [-0.4, -0.2) is 29.3 Å². The molecule has 0 atom stereocenters. The average molecular weight is 423 g/mol. The molecule has 1 aromatic carbocycles. The van der Waals surface area contributed by atoms with E-state index in [1.807, 2.05) is 23.7 Å². The van der Waals surface area contributed by atoms with Gasteiger partial charge in [0.25, 0.3) is 0 Å². The Hall–Kier alpha value is -2.01. The Morgan fingerprint density at radius 3 is 2.65 bits per heavy atom. The number of hydrogen-bond donors (Lipinski definition) is 2. The second-order valence-corrected chi connectivity index (χ2v) is 4.95. The third kappa shape index (κ3) is 4.99. The molecule has 0 spiro atoms. The molecule has 0 bridgehead atoms. The monoisotopic (exact) mass is 423 g/mol. The molecule has 0 fully saturated rings. The predicted octanol–water partition coefficient (Wildman–Crippen LogP) is 2.41. The Morgan fingerprint density at radius 1 is 1.30 bits per heavy atom. The number of benzene rings is 1. The molecule has 1 heterocycles. The van der Waals surface area contributed by atoms with E-state index in [0.717, 1.165) is 22.6 Å². The molecule has 0 radical (unpaired) electrons. The topological polar surface area (TPSA) is 54.2 Å². The fourth-order valence-corrected chi connectivity index (χ4v) is 2.27. The predicted molar refractivity (Wildman–Crippen MR) is 105 cm³/mol. The van der Waals surface area contributed by atoms with E-state index in [2.05, 4.69) is 51.8 Å². The smallest absolute Gasteiger partial charge is 0.192 e. The summed E-state index contributed by atoms with van der Waals surface area (Å²) in [6.07, 6.45) is 5.25. The molecule has 0 amide bonds. The van der Waals surface area contributed by atoms with Crippen LogP contribution >= 0.6 is 24.0 Å². The van der Waals surface area contributed by atoms with Crippen LogP contribution < -0.4 is 10.6 Å². The number of aryl methyl sites for hydroxylation is 2. The third-order valence-corrected chi connectivity index (χ3v) is 3.26. The number of nitrogens with one attached hydrogen (secondary N) is 2. The zero-order valence-corrected chi connectivity index (χ0v) is 16.0. The van der Waals surface area contributed by atoms with Crippen molar-refractivity contribution in [1.29, 1.82) is 0 Å². The van der Waals surface area contributed by atoms with Crippen LogP contribution in [0.15, 0.2) is 35.3 Å². The minimum absolute atomic E-state index is 0. The van der Waals surface area contributed by atoms with Crippen molar-refractivity contribution < 1.29 is 0 Å². The molecular formula is C17H22IN5. The van der Waals surface area contributed by atoms with Gasteiger partial charge < -0.3 is 10.6 Å². The molecule has 23 heavy (non-hydrogen) atoms. The van der Waals surface area contributed by atoms with Crippen molar-refractivity contribution in [2.24, 2.45) is 4.99 Å². The normalized spacial score (nSPS) is 10.6. The van der Waals surface area contributed by atoms with Crippen molar-refractivity contribution >= 4 is 29.9 Å². The van der Waals surface area contributed by atoms with Crippen LogP contribution in [0.2, 0.25) is 0 Å². The fourth-order valence-electron chi connectivity index (χ4n) is 2.27. The summed E-state index contributed by atoms with van der Waals surface area (Å²) >= 11 is 0. The first-order valence-corrected chi connectivity index (χ1v) is 7.15. The van der Waals surface area contributed by atoms with Crippen molar-refractivity contribution in [3.8, 4) is 18.0 Å². The Balaban J connectivity index is 0.00000264. The van der Waals surface area contributed by atoms with Crippen LogP contribution in [0.1, 0.15) is 17.0 Å². The molecule has 0 saturated carbocycles. The van der Waals surface area contributed by atoms with Crippen molar-refractivity contribution in [2.75, 3.05) is 13.6 Å². The summed E-state index contributed by atoms with van der Waals surface area (Å²) in [6.45, 7) is 5.13. The maximum atomic E-state index is 5.25. The Kier molecular flexibility index (Phi) is 7.62. The summed E-state index contributed by atoms with van der Waals surface area (Å²) in [5.41, 5.74) is 4.32. The van der Waals surface area contributed by atoms with Gasteiger partial charge in [0.2, 0.25) is 0 Å². The van der Waals surface area contributed by atoms with Crippen LogP contribution in [0.3, 0.4) is 0 Å². The largest absolute Gasteiger partial charge is 0.352 e. The first kappa shape index (κ1) is 19.0. The maximum absolute atomic E-state index is 5.25. The number of nitrogens with zero attached hydrogens (tertiary/aromatic N) is 3. The molecule has 5 nitrogen and oxygen atoms in total. The van der Waals surface area contributed by atoms with E-state index in [0.29, 0.717) is 19.0 Å². The van der Waals surface area contributed by atoms with Crippen molar-refractivity contribution in [3.05, 3.63) is 47.3 Å². The van der Waals surface area contributed by atoms with Gasteiger partial charge in [-0.15, -0.1) is 30.4 Å². The Labute approximate surface area is 154 Å². The van der Waals surface area contributed by atoms with Gasteiger partial charge in [0.1, 0.15) is 0 Å². The summed E-state index contributed by atoms with van der Waals surface area (Å²) in [6, 6.07) is 10.2. The van der Waals surface area contributed by atoms with E-state index < -0.39 is 0 Å². The second-order valence-electron chi connectivity index (χ2n) is 4.95. The fraction of sp³-hybridized carbons (Fsp3) is 0.294. The van der Waals surface area contributed by atoms with E-state index in [1.54, 1.807) is 7.05 Å². The Bertz CT molecular complexity index is 712. The second kappa shape index (κ2) is 9.20. The molecule has 1 aromatic heterocycles. The van der Waals surface area contributed by atoms with Crippen molar-refractivity contribution in [1.82, 2.24) is 20.4 Å². The lowest BCUT2D eigenvalue weighted by Gasteiger charge is -2.14. The van der Waals surface area contributed by atoms with Gasteiger partial charge in [-0.05, 0) is 31.5 Å². The molecule has 122 valence electrons. The van der Waals surface area contributed by atoms with Crippen LogP contribution in [-0.2, 0) is 6.54 Å². The highest BCUT2D eigenvalue weighted by molar-refractivity contribution is 14.0. The number of aliphatic imine (C=N–C) groups is 1. The lowest BCUT2D eigenvalue weighted by atomic mass is 10.1. The number of rotatable bonds is 4. The molecule has 2 aromatic rings. The number of para-hydroxylation sites is 1. The van der Waals surface area contributed by atoms with Crippen LogP contribution in [0.5, 0.6) is 0 Å². The highest BCUT2D eigenvalue weighted by Crippen LogP contribution is 2.16. The van der Waals surface area contributed by atoms with E-state index >= 15 is 0 Å². The number of halogens is 1. The van der Waals surface area contributed by atoms with Crippen molar-refractivity contribution in [3.63, 3.8) is 0 Å². The highest BCUT2D eigenvalue weighted by atomic mass is 127. The zero-order chi connectivity index (χ0) is 15.9. The standard InChI is InChI=1S/C17H21N5.HI/c1-5-10-19-17(18-4)20-12-15-8-6-7-9-16(15)22-14(3)11-13(2)21-22;/h1,6-9,11H,10,12H2,2-4H3,(H2,18,19,20);1H. The molecule has 0 saturated heterocycles. The summed E-state index contributed by atoms with van der Waals surface area (Å²) < 4.78 is 1.96. The molecule has 2 rings (SSSR count). The van der Waals surface area contributed by atoms with Gasteiger partial charge in [0.05, 0.1) is 17.9 Å². The van der Waals surface area contributed by atoms with E-state index in [1.165, 1.54) is 0 Å².